The molecule has 0 spiro atoms. The van der Waals surface area contributed by atoms with Gasteiger partial charge in [-0.3, -0.25) is 14.9 Å². The van der Waals surface area contributed by atoms with Gasteiger partial charge in [0.05, 0.1) is 18.5 Å². The highest BCUT2D eigenvalue weighted by molar-refractivity contribution is 5.72. The van der Waals surface area contributed by atoms with Gasteiger partial charge in [0.2, 0.25) is 0 Å². The molecule has 1 unspecified atom stereocenters. The summed E-state index contributed by atoms with van der Waals surface area (Å²) in [5.41, 5.74) is 0.138. The van der Waals surface area contributed by atoms with E-state index in [0.29, 0.717) is 5.69 Å². The Bertz CT molecular complexity index is 527. The number of anilines is 1. The third-order valence-electron chi connectivity index (χ3n) is 3.33. The number of carbonyl (C=O) groups is 1. The molecule has 1 fully saturated rings. The Balaban J connectivity index is 2.27. The topological polar surface area (TPSA) is 102 Å². The highest BCUT2D eigenvalue weighted by Crippen LogP contribution is 2.39. The number of ether oxygens (including phenoxy) is 1. The number of methoxy groups -OCH3 is 1. The second kappa shape index (κ2) is 5.77. The number of aliphatic carboxylic acids is 1. The Hall–Kier alpha value is -2.31. The van der Waals surface area contributed by atoms with E-state index in [2.05, 4.69) is 5.32 Å². The molecule has 0 amide bonds. The number of hydrogen-bond acceptors (Lipinski definition) is 5. The number of para-hydroxylation sites is 1. The molecule has 2 rings (SSSR count). The van der Waals surface area contributed by atoms with Crippen molar-refractivity contribution in [1.29, 1.82) is 0 Å². The first kappa shape index (κ1) is 14.1. The van der Waals surface area contributed by atoms with Gasteiger partial charge < -0.3 is 15.2 Å². The quantitative estimate of drug-likeness (QED) is 0.586. The molecule has 0 radical (unpaired) electrons. The first-order chi connectivity index (χ1) is 9.52. The number of benzene rings is 1. The van der Waals surface area contributed by atoms with E-state index < -0.39 is 10.9 Å². The van der Waals surface area contributed by atoms with Crippen molar-refractivity contribution in [3.05, 3.63) is 28.3 Å². The number of rotatable bonds is 7. The average Bonchev–Trinajstić information content (AvgIpc) is 3.21. The van der Waals surface area contributed by atoms with E-state index in [1.165, 1.54) is 13.2 Å². The van der Waals surface area contributed by atoms with E-state index in [1.54, 1.807) is 12.1 Å². The number of nitro benzene ring substituents is 1. The van der Waals surface area contributed by atoms with Crippen LogP contribution < -0.4 is 10.1 Å². The summed E-state index contributed by atoms with van der Waals surface area (Å²) in [4.78, 5) is 21.5. The van der Waals surface area contributed by atoms with Crippen molar-refractivity contribution in [2.75, 3.05) is 12.4 Å². The van der Waals surface area contributed by atoms with Gasteiger partial charge in [0.1, 0.15) is 5.69 Å². The van der Waals surface area contributed by atoms with E-state index in [9.17, 15) is 14.9 Å². The fourth-order valence-corrected chi connectivity index (χ4v) is 2.21. The van der Waals surface area contributed by atoms with Crippen LogP contribution in [0, 0.1) is 16.0 Å². The number of carboxylic acid groups (broad SMARTS) is 1. The van der Waals surface area contributed by atoms with Crippen LogP contribution in [0.2, 0.25) is 0 Å². The monoisotopic (exact) mass is 280 g/mol. The second-order valence-corrected chi connectivity index (χ2v) is 4.80. The normalized spacial score (nSPS) is 15.4. The molecule has 0 aromatic heterocycles. The van der Waals surface area contributed by atoms with Crippen LogP contribution in [0.5, 0.6) is 5.75 Å². The molecule has 0 saturated heterocycles. The van der Waals surface area contributed by atoms with Crippen LogP contribution in [0.3, 0.4) is 0 Å². The average molecular weight is 280 g/mol. The Morgan fingerprint density at radius 2 is 2.30 bits per heavy atom. The fourth-order valence-electron chi connectivity index (χ4n) is 2.21. The van der Waals surface area contributed by atoms with E-state index >= 15 is 0 Å². The summed E-state index contributed by atoms with van der Waals surface area (Å²) in [5, 5.41) is 23.1. The van der Waals surface area contributed by atoms with Crippen LogP contribution in [0.15, 0.2) is 18.2 Å². The van der Waals surface area contributed by atoms with Crippen LogP contribution in [0.1, 0.15) is 19.3 Å². The van der Waals surface area contributed by atoms with Gasteiger partial charge in [-0.25, -0.2) is 0 Å². The van der Waals surface area contributed by atoms with E-state index in [4.69, 9.17) is 9.84 Å². The highest BCUT2D eigenvalue weighted by Gasteiger charge is 2.34. The highest BCUT2D eigenvalue weighted by atomic mass is 16.6. The predicted octanol–water partition coefficient (Wildman–Crippen LogP) is 2.27. The third-order valence-corrected chi connectivity index (χ3v) is 3.33. The van der Waals surface area contributed by atoms with Crippen LogP contribution >= 0.6 is 0 Å². The van der Waals surface area contributed by atoms with Crippen LogP contribution in [-0.4, -0.2) is 29.2 Å². The zero-order valence-electron chi connectivity index (χ0n) is 11.0. The van der Waals surface area contributed by atoms with Gasteiger partial charge in [-0.1, -0.05) is 6.07 Å². The third kappa shape index (κ3) is 3.17. The molecule has 0 heterocycles. The van der Waals surface area contributed by atoms with Crippen molar-refractivity contribution in [3.8, 4) is 5.75 Å². The molecule has 1 aromatic rings. The summed E-state index contributed by atoms with van der Waals surface area (Å²) in [5.74, 6) is -0.498. The van der Waals surface area contributed by atoms with E-state index in [1.807, 2.05) is 0 Å². The van der Waals surface area contributed by atoms with Gasteiger partial charge >= 0.3 is 11.7 Å². The standard InChI is InChI=1S/C13H16N2O5/c1-20-11-4-2-3-9(13(11)15(18)19)14-10(7-12(16)17)8-5-6-8/h2-4,8,10,14H,5-7H2,1H3,(H,16,17). The number of carboxylic acids is 1. The number of nitrogens with one attached hydrogen (secondary N) is 1. The summed E-state index contributed by atoms with van der Waals surface area (Å²) in [7, 11) is 1.36. The van der Waals surface area contributed by atoms with Gasteiger partial charge in [-0.2, -0.15) is 0 Å². The van der Waals surface area contributed by atoms with Crippen molar-refractivity contribution < 1.29 is 19.6 Å². The summed E-state index contributed by atoms with van der Waals surface area (Å²) >= 11 is 0. The molecule has 2 N–H and O–H groups in total. The van der Waals surface area contributed by atoms with Gasteiger partial charge in [0.15, 0.2) is 5.75 Å². The summed E-state index contributed by atoms with van der Waals surface area (Å²) < 4.78 is 4.99. The molecule has 1 saturated carbocycles. The molecule has 0 aliphatic heterocycles. The van der Waals surface area contributed by atoms with Gasteiger partial charge in [-0.15, -0.1) is 0 Å². The second-order valence-electron chi connectivity index (χ2n) is 4.80. The maximum absolute atomic E-state index is 11.2. The Morgan fingerprint density at radius 3 is 2.80 bits per heavy atom. The molecule has 1 aliphatic carbocycles. The molecule has 7 nitrogen and oxygen atoms in total. The molecule has 1 aliphatic rings. The van der Waals surface area contributed by atoms with Crippen molar-refractivity contribution in [3.63, 3.8) is 0 Å². The number of nitrogens with zero attached hydrogens (tertiary/aromatic N) is 1. The van der Waals surface area contributed by atoms with Crippen molar-refractivity contribution in [2.24, 2.45) is 5.92 Å². The van der Waals surface area contributed by atoms with Gasteiger partial charge in [0, 0.05) is 6.04 Å². The molecule has 1 atom stereocenters. The zero-order valence-corrected chi connectivity index (χ0v) is 11.0. The Labute approximate surface area is 115 Å². The molecular weight excluding hydrogens is 264 g/mol. The Morgan fingerprint density at radius 1 is 1.60 bits per heavy atom. The minimum atomic E-state index is -0.917. The van der Waals surface area contributed by atoms with E-state index in [-0.39, 0.29) is 29.8 Å². The summed E-state index contributed by atoms with van der Waals surface area (Å²) in [6, 6.07) is 4.42. The van der Waals surface area contributed by atoms with Crippen LogP contribution in [0.4, 0.5) is 11.4 Å². The lowest BCUT2D eigenvalue weighted by Crippen LogP contribution is -2.25. The molecule has 108 valence electrons. The molecular formula is C13H16N2O5. The van der Waals surface area contributed by atoms with Crippen molar-refractivity contribution >= 4 is 17.3 Å². The molecule has 1 aromatic carbocycles. The zero-order chi connectivity index (χ0) is 14.7. The number of hydrogen-bond donors (Lipinski definition) is 2. The number of nitro groups is 1. The van der Waals surface area contributed by atoms with Crippen molar-refractivity contribution in [2.45, 2.75) is 25.3 Å². The molecule has 0 bridgehead atoms. The maximum Gasteiger partial charge on any atom is 0.333 e. The fraction of sp³-hybridized carbons (Fsp3) is 0.462. The minimum Gasteiger partial charge on any atom is -0.490 e. The molecule has 20 heavy (non-hydrogen) atoms. The minimum absolute atomic E-state index is 0.0565. The lowest BCUT2D eigenvalue weighted by atomic mass is 10.1. The lowest BCUT2D eigenvalue weighted by molar-refractivity contribution is -0.384. The Kier molecular flexibility index (Phi) is 4.07. The largest absolute Gasteiger partial charge is 0.490 e. The SMILES string of the molecule is COc1cccc(NC(CC(=O)O)C2CC2)c1[N+](=O)[O-]. The molecule has 7 heteroatoms. The van der Waals surface area contributed by atoms with Gasteiger partial charge in [-0.05, 0) is 30.9 Å². The first-order valence-corrected chi connectivity index (χ1v) is 6.32. The van der Waals surface area contributed by atoms with Gasteiger partial charge in [0.25, 0.3) is 0 Å². The smallest absolute Gasteiger partial charge is 0.333 e. The maximum atomic E-state index is 11.2. The summed E-state index contributed by atoms with van der Waals surface area (Å²) in [6.45, 7) is 0. The van der Waals surface area contributed by atoms with Crippen molar-refractivity contribution in [1.82, 2.24) is 0 Å². The van der Waals surface area contributed by atoms with Crippen LogP contribution in [-0.2, 0) is 4.79 Å². The summed E-state index contributed by atoms with van der Waals surface area (Å²) in [6.07, 6.45) is 1.84. The van der Waals surface area contributed by atoms with Crippen LogP contribution in [0.25, 0.3) is 0 Å². The predicted molar refractivity (Wildman–Crippen MR) is 72.0 cm³/mol. The first-order valence-electron chi connectivity index (χ1n) is 6.32. The van der Waals surface area contributed by atoms with E-state index in [0.717, 1.165) is 12.8 Å². The lowest BCUT2D eigenvalue weighted by Gasteiger charge is -2.18.